The highest BCUT2D eigenvalue weighted by Crippen LogP contribution is 2.39. The van der Waals surface area contributed by atoms with Crippen LogP contribution in [0.5, 0.6) is 0 Å². The Hall–Kier alpha value is -2.97. The highest BCUT2D eigenvalue weighted by atomic mass is 32.1. The molecule has 1 unspecified atom stereocenters. The van der Waals surface area contributed by atoms with Gasteiger partial charge in [-0.25, -0.2) is 4.98 Å². The van der Waals surface area contributed by atoms with E-state index in [0.29, 0.717) is 23.9 Å². The molecule has 2 heterocycles. The second kappa shape index (κ2) is 11.4. The van der Waals surface area contributed by atoms with E-state index in [9.17, 15) is 9.59 Å². The maximum atomic E-state index is 13.7. The maximum absolute atomic E-state index is 13.7. The van der Waals surface area contributed by atoms with Crippen LogP contribution in [0.4, 0.5) is 11.4 Å². The number of amides is 2. The Labute approximate surface area is 217 Å². The topological polar surface area (TPSA) is 76.5 Å². The van der Waals surface area contributed by atoms with Crippen molar-refractivity contribution in [1.82, 2.24) is 9.55 Å². The van der Waals surface area contributed by atoms with E-state index in [1.54, 1.807) is 35.5 Å². The number of carbonyl (C=O) groups is 2. The average Bonchev–Trinajstić information content (AvgIpc) is 3.46. The average molecular weight is 509 g/mol. The first-order valence-corrected chi connectivity index (χ1v) is 13.4. The van der Waals surface area contributed by atoms with E-state index < -0.39 is 0 Å². The predicted molar refractivity (Wildman–Crippen MR) is 146 cm³/mol. The Morgan fingerprint density at radius 2 is 1.92 bits per heavy atom. The molecule has 1 fully saturated rings. The number of benzene rings is 1. The first-order chi connectivity index (χ1) is 17.3. The highest BCUT2D eigenvalue weighted by molar-refractivity contribution is 7.16. The lowest BCUT2D eigenvalue weighted by Gasteiger charge is -2.34. The number of aromatic nitrogens is 2. The lowest BCUT2D eigenvalue weighted by molar-refractivity contribution is -0.124. The van der Waals surface area contributed by atoms with E-state index in [0.717, 1.165) is 46.7 Å². The number of hydrogen-bond donors (Lipinski definition) is 1. The number of aryl methyl sites for hydroxylation is 2. The summed E-state index contributed by atoms with van der Waals surface area (Å²) < 4.78 is 7.18. The third-order valence-corrected chi connectivity index (χ3v) is 8.06. The number of thiophene rings is 1. The van der Waals surface area contributed by atoms with Crippen LogP contribution in [-0.2, 0) is 16.6 Å². The number of carbonyl (C=O) groups excluding carboxylic acids is 2. The molecule has 0 saturated heterocycles. The minimum atomic E-state index is -0.240. The van der Waals surface area contributed by atoms with Crippen LogP contribution in [-0.4, -0.2) is 41.1 Å². The second-order valence-corrected chi connectivity index (χ2v) is 11.2. The van der Waals surface area contributed by atoms with Gasteiger partial charge in [0.05, 0.1) is 24.7 Å². The molecule has 8 heteroatoms. The van der Waals surface area contributed by atoms with E-state index in [2.05, 4.69) is 37.1 Å². The summed E-state index contributed by atoms with van der Waals surface area (Å²) in [6.07, 6.45) is 7.42. The molecule has 0 aliphatic heterocycles. The van der Waals surface area contributed by atoms with Gasteiger partial charge in [0.2, 0.25) is 5.91 Å². The molecule has 7 nitrogen and oxygen atoms in total. The molecule has 4 rings (SSSR count). The zero-order valence-corrected chi connectivity index (χ0v) is 22.6. The molecule has 192 valence electrons. The van der Waals surface area contributed by atoms with Gasteiger partial charge in [-0.05, 0) is 69.2 Å². The van der Waals surface area contributed by atoms with Gasteiger partial charge in [-0.1, -0.05) is 19.1 Å². The number of nitrogens with one attached hydrogen (secondary N) is 1. The monoisotopic (exact) mass is 508 g/mol. The fraction of sp³-hybridized carbons (Fsp3) is 0.464. The number of rotatable bonds is 8. The van der Waals surface area contributed by atoms with Crippen molar-refractivity contribution >= 4 is 34.5 Å². The molecule has 3 aromatic rings. The number of anilines is 2. The molecule has 0 spiro atoms. The van der Waals surface area contributed by atoms with Crippen molar-refractivity contribution in [3.63, 3.8) is 0 Å². The Morgan fingerprint density at radius 3 is 2.53 bits per heavy atom. The smallest absolute Gasteiger partial charge is 0.275 e. The minimum Gasteiger partial charge on any atom is -0.383 e. The lowest BCUT2D eigenvalue weighted by atomic mass is 9.82. The molecule has 1 saturated carbocycles. The summed E-state index contributed by atoms with van der Waals surface area (Å²) in [6.45, 7) is 6.90. The summed E-state index contributed by atoms with van der Waals surface area (Å²) in [5.41, 5.74) is 3.10. The van der Waals surface area contributed by atoms with Crippen molar-refractivity contribution in [1.29, 1.82) is 0 Å². The highest BCUT2D eigenvalue weighted by Gasteiger charge is 2.33. The van der Waals surface area contributed by atoms with Crippen LogP contribution < -0.4 is 10.2 Å². The van der Waals surface area contributed by atoms with Crippen molar-refractivity contribution in [2.24, 2.45) is 18.9 Å². The largest absolute Gasteiger partial charge is 0.383 e. The number of methoxy groups -OCH3 is 1. The van der Waals surface area contributed by atoms with Gasteiger partial charge in [0.25, 0.3) is 5.91 Å². The summed E-state index contributed by atoms with van der Waals surface area (Å²) in [6, 6.07) is 9.85. The van der Waals surface area contributed by atoms with Crippen molar-refractivity contribution in [2.45, 2.75) is 52.5 Å². The fourth-order valence-electron chi connectivity index (χ4n) is 4.89. The van der Waals surface area contributed by atoms with E-state index in [-0.39, 0.29) is 23.8 Å². The molecule has 0 bridgehead atoms. The van der Waals surface area contributed by atoms with Crippen LogP contribution in [0.2, 0.25) is 0 Å². The summed E-state index contributed by atoms with van der Waals surface area (Å²) in [5, 5.41) is 2.89. The molecule has 1 atom stereocenters. The predicted octanol–water partition coefficient (Wildman–Crippen LogP) is 5.90. The zero-order valence-electron chi connectivity index (χ0n) is 21.8. The first kappa shape index (κ1) is 26.1. The molecule has 2 aromatic heterocycles. The molecular formula is C28H36N4O3S. The van der Waals surface area contributed by atoms with Crippen molar-refractivity contribution in [3.05, 3.63) is 53.4 Å². The summed E-state index contributed by atoms with van der Waals surface area (Å²) in [5.74, 6) is 0.748. The van der Waals surface area contributed by atoms with Crippen molar-refractivity contribution in [2.75, 3.05) is 23.9 Å². The Bertz CT molecular complexity index is 1190. The van der Waals surface area contributed by atoms with Gasteiger partial charge >= 0.3 is 0 Å². The first-order valence-electron chi connectivity index (χ1n) is 12.6. The summed E-state index contributed by atoms with van der Waals surface area (Å²) in [4.78, 5) is 34.4. The van der Waals surface area contributed by atoms with Crippen LogP contribution in [0, 0.1) is 18.8 Å². The molecule has 1 aromatic carbocycles. The van der Waals surface area contributed by atoms with E-state index in [4.69, 9.17) is 4.74 Å². The number of ether oxygens (including phenoxy) is 1. The quantitative estimate of drug-likeness (QED) is 0.411. The summed E-state index contributed by atoms with van der Waals surface area (Å²) >= 11 is 1.68. The van der Waals surface area contributed by atoms with Gasteiger partial charge in [-0.15, -0.1) is 11.3 Å². The van der Waals surface area contributed by atoms with Crippen LogP contribution in [0.15, 0.2) is 42.9 Å². The van der Waals surface area contributed by atoms with Gasteiger partial charge < -0.3 is 19.5 Å². The molecular weight excluding hydrogens is 472 g/mol. The van der Waals surface area contributed by atoms with Gasteiger partial charge in [-0.2, -0.15) is 0 Å². The second-order valence-electron chi connectivity index (χ2n) is 9.98. The van der Waals surface area contributed by atoms with Gasteiger partial charge in [-0.3, -0.25) is 9.59 Å². The van der Waals surface area contributed by atoms with Gasteiger partial charge in [0.1, 0.15) is 5.69 Å². The Kier molecular flexibility index (Phi) is 8.26. The van der Waals surface area contributed by atoms with Gasteiger partial charge in [0.15, 0.2) is 0 Å². The SMILES string of the molecule is COCC(C)N(C(=O)C1CCC(C)CC1)c1cc(-c2ccc(NC(=O)c3cn(C)cn3)cc2)sc1C. The molecule has 1 aliphatic rings. The Balaban J connectivity index is 1.54. The fourth-order valence-corrected chi connectivity index (χ4v) is 5.91. The number of hydrogen-bond acceptors (Lipinski definition) is 5. The van der Waals surface area contributed by atoms with Gasteiger partial charge in [0, 0.05) is 41.7 Å². The van der Waals surface area contributed by atoms with E-state index in [1.165, 1.54) is 0 Å². The zero-order chi connectivity index (χ0) is 25.8. The molecule has 2 amide bonds. The Morgan fingerprint density at radius 1 is 1.22 bits per heavy atom. The van der Waals surface area contributed by atoms with Crippen molar-refractivity contribution < 1.29 is 14.3 Å². The summed E-state index contributed by atoms with van der Waals surface area (Å²) in [7, 11) is 3.51. The minimum absolute atomic E-state index is 0.0489. The third kappa shape index (κ3) is 5.87. The standard InChI is InChI=1S/C28H36N4O3S/c1-18-6-8-22(9-7-18)28(34)32(19(2)16-35-5)25-14-26(36-20(25)3)21-10-12-23(13-11-21)30-27(33)24-15-31(4)17-29-24/h10-15,17-19,22H,6-9,16H2,1-5H3,(H,30,33). The van der Waals surface area contributed by atoms with E-state index in [1.807, 2.05) is 36.2 Å². The van der Waals surface area contributed by atoms with Crippen LogP contribution in [0.3, 0.4) is 0 Å². The third-order valence-electron chi connectivity index (χ3n) is 6.97. The maximum Gasteiger partial charge on any atom is 0.275 e. The molecule has 1 N–H and O–H groups in total. The number of nitrogens with zero attached hydrogens (tertiary/aromatic N) is 3. The molecule has 0 radical (unpaired) electrons. The number of imidazole rings is 1. The normalized spacial score (nSPS) is 18.6. The molecule has 1 aliphatic carbocycles. The van der Waals surface area contributed by atoms with E-state index >= 15 is 0 Å². The lowest BCUT2D eigenvalue weighted by Crippen LogP contribution is -2.45. The van der Waals surface area contributed by atoms with Crippen molar-refractivity contribution in [3.8, 4) is 10.4 Å². The molecule has 36 heavy (non-hydrogen) atoms. The van der Waals surface area contributed by atoms with Crippen LogP contribution >= 0.6 is 11.3 Å². The van der Waals surface area contributed by atoms with Crippen LogP contribution in [0.25, 0.3) is 10.4 Å². The van der Waals surface area contributed by atoms with Crippen LogP contribution in [0.1, 0.15) is 54.9 Å².